The Kier molecular flexibility index (Phi) is 4.85. The van der Waals surface area contributed by atoms with Crippen LogP contribution in [0.25, 0.3) is 11.4 Å². The molecule has 1 aromatic carbocycles. The standard InChI is InChI=1S/C20H20N4O2.ClH/c1-2-7-15(8-3-1)25-18-16(9-5-11-22-18)17-23-19(26-24-17)20-10-4-6-14(20)12-21-13-20;/h1-3,5,7-9,11,14,21H,4,6,10,12-13H2;1H/t14-,20-;/m1./s1. The van der Waals surface area contributed by atoms with Crippen molar-refractivity contribution in [2.75, 3.05) is 13.1 Å². The van der Waals surface area contributed by atoms with Crippen LogP contribution in [0.1, 0.15) is 25.2 Å². The lowest BCUT2D eigenvalue weighted by molar-refractivity contribution is 0.265. The molecule has 0 spiro atoms. The number of benzene rings is 1. The van der Waals surface area contributed by atoms with E-state index in [-0.39, 0.29) is 17.8 Å². The van der Waals surface area contributed by atoms with E-state index in [0.717, 1.165) is 36.7 Å². The van der Waals surface area contributed by atoms with E-state index < -0.39 is 0 Å². The summed E-state index contributed by atoms with van der Waals surface area (Å²) in [4.78, 5) is 9.13. The van der Waals surface area contributed by atoms with Crippen LogP contribution < -0.4 is 10.1 Å². The number of nitrogens with one attached hydrogen (secondary N) is 1. The molecule has 1 saturated heterocycles. The zero-order valence-corrected chi connectivity index (χ0v) is 15.6. The van der Waals surface area contributed by atoms with Crippen molar-refractivity contribution in [3.63, 3.8) is 0 Å². The van der Waals surface area contributed by atoms with Crippen LogP contribution in [-0.2, 0) is 5.41 Å². The van der Waals surface area contributed by atoms with Gasteiger partial charge in [-0.3, -0.25) is 0 Å². The number of nitrogens with zero attached hydrogens (tertiary/aromatic N) is 3. The van der Waals surface area contributed by atoms with Gasteiger partial charge in [0.15, 0.2) is 0 Å². The van der Waals surface area contributed by atoms with Crippen LogP contribution in [0.2, 0.25) is 0 Å². The normalized spacial score (nSPS) is 23.6. The first kappa shape index (κ1) is 17.9. The fraction of sp³-hybridized carbons (Fsp3) is 0.350. The highest BCUT2D eigenvalue weighted by Gasteiger charge is 2.51. The minimum Gasteiger partial charge on any atom is -0.438 e. The van der Waals surface area contributed by atoms with Crippen molar-refractivity contribution in [3.8, 4) is 23.0 Å². The van der Waals surface area contributed by atoms with Crippen LogP contribution >= 0.6 is 12.4 Å². The zero-order chi connectivity index (χ0) is 17.4. The average Bonchev–Trinajstić information content (AvgIpc) is 3.38. The minimum absolute atomic E-state index is 0. The molecule has 3 aromatic rings. The SMILES string of the molecule is Cl.c1ccc(Oc2ncccc2-c2noc([C@@]34CCC[C@@H]3CNC4)n2)cc1. The second kappa shape index (κ2) is 7.29. The molecule has 140 valence electrons. The second-order valence-corrected chi connectivity index (χ2v) is 7.07. The summed E-state index contributed by atoms with van der Waals surface area (Å²) in [6.45, 7) is 1.95. The first-order chi connectivity index (χ1) is 12.9. The van der Waals surface area contributed by atoms with Crippen LogP contribution in [0.3, 0.4) is 0 Å². The molecule has 1 N–H and O–H groups in total. The van der Waals surface area contributed by atoms with Crippen LogP contribution in [0.15, 0.2) is 53.2 Å². The maximum Gasteiger partial charge on any atom is 0.234 e. The lowest BCUT2D eigenvalue weighted by Gasteiger charge is -2.22. The molecule has 5 rings (SSSR count). The zero-order valence-electron chi connectivity index (χ0n) is 14.8. The molecule has 0 amide bonds. The molecule has 0 radical (unpaired) electrons. The Morgan fingerprint density at radius 2 is 2.04 bits per heavy atom. The van der Waals surface area contributed by atoms with Crippen LogP contribution in [-0.4, -0.2) is 28.2 Å². The van der Waals surface area contributed by atoms with Gasteiger partial charge in [0.25, 0.3) is 0 Å². The number of halogens is 1. The summed E-state index contributed by atoms with van der Waals surface area (Å²) in [5.41, 5.74) is 0.733. The Morgan fingerprint density at radius 3 is 2.93 bits per heavy atom. The van der Waals surface area contributed by atoms with Gasteiger partial charge in [-0.2, -0.15) is 4.98 Å². The first-order valence-electron chi connectivity index (χ1n) is 9.08. The third-order valence-corrected chi connectivity index (χ3v) is 5.61. The quantitative estimate of drug-likeness (QED) is 0.733. The van der Waals surface area contributed by atoms with Gasteiger partial charge in [0, 0.05) is 12.7 Å². The second-order valence-electron chi connectivity index (χ2n) is 7.07. The summed E-state index contributed by atoms with van der Waals surface area (Å²) >= 11 is 0. The molecule has 7 heteroatoms. The molecule has 2 aromatic heterocycles. The molecule has 6 nitrogen and oxygen atoms in total. The molecule has 1 aliphatic heterocycles. The van der Waals surface area contributed by atoms with Gasteiger partial charge in [0.05, 0.1) is 11.0 Å². The third kappa shape index (κ3) is 3.09. The molecule has 2 atom stereocenters. The number of aromatic nitrogens is 3. The van der Waals surface area contributed by atoms with E-state index in [1.54, 1.807) is 6.20 Å². The van der Waals surface area contributed by atoms with E-state index in [4.69, 9.17) is 14.2 Å². The molecule has 2 aliphatic rings. The lowest BCUT2D eigenvalue weighted by atomic mass is 9.80. The largest absolute Gasteiger partial charge is 0.438 e. The maximum absolute atomic E-state index is 5.94. The molecule has 3 heterocycles. The van der Waals surface area contributed by atoms with Gasteiger partial charge in [0.1, 0.15) is 5.75 Å². The molecule has 1 saturated carbocycles. The number of pyridine rings is 1. The Labute approximate surface area is 163 Å². The van der Waals surface area contributed by atoms with Gasteiger partial charge in [-0.05, 0) is 49.6 Å². The van der Waals surface area contributed by atoms with Gasteiger partial charge in [0.2, 0.25) is 17.6 Å². The predicted octanol–water partition coefficient (Wildman–Crippen LogP) is 3.99. The van der Waals surface area contributed by atoms with Gasteiger partial charge in [-0.15, -0.1) is 12.4 Å². The maximum atomic E-state index is 5.94. The number of hydrogen-bond donors (Lipinski definition) is 1. The van der Waals surface area contributed by atoms with Gasteiger partial charge < -0.3 is 14.6 Å². The summed E-state index contributed by atoms with van der Waals surface area (Å²) in [5, 5.41) is 7.75. The van der Waals surface area contributed by atoms with E-state index in [1.807, 2.05) is 42.5 Å². The van der Waals surface area contributed by atoms with Crippen molar-refractivity contribution < 1.29 is 9.26 Å². The van der Waals surface area contributed by atoms with E-state index in [0.29, 0.717) is 17.6 Å². The van der Waals surface area contributed by atoms with Crippen LogP contribution in [0, 0.1) is 5.92 Å². The highest BCUT2D eigenvalue weighted by Crippen LogP contribution is 2.47. The van der Waals surface area contributed by atoms with Gasteiger partial charge >= 0.3 is 0 Å². The molecule has 2 fully saturated rings. The Morgan fingerprint density at radius 1 is 1.15 bits per heavy atom. The topological polar surface area (TPSA) is 73.1 Å². The van der Waals surface area contributed by atoms with Crippen molar-refractivity contribution in [2.24, 2.45) is 5.92 Å². The van der Waals surface area contributed by atoms with E-state index in [9.17, 15) is 0 Å². The van der Waals surface area contributed by atoms with Crippen LogP contribution in [0.4, 0.5) is 0 Å². The average molecular weight is 385 g/mol. The lowest BCUT2D eigenvalue weighted by Crippen LogP contribution is -2.31. The highest BCUT2D eigenvalue weighted by molar-refractivity contribution is 5.85. The number of ether oxygens (including phenoxy) is 1. The predicted molar refractivity (Wildman–Crippen MR) is 103 cm³/mol. The molecule has 27 heavy (non-hydrogen) atoms. The smallest absolute Gasteiger partial charge is 0.234 e. The summed E-state index contributed by atoms with van der Waals surface area (Å²) in [7, 11) is 0. The Balaban J connectivity index is 0.00000180. The molecule has 0 bridgehead atoms. The van der Waals surface area contributed by atoms with Crippen molar-refractivity contribution in [1.29, 1.82) is 0 Å². The van der Waals surface area contributed by atoms with E-state index >= 15 is 0 Å². The van der Waals surface area contributed by atoms with Crippen molar-refractivity contribution >= 4 is 12.4 Å². The van der Waals surface area contributed by atoms with Crippen molar-refractivity contribution in [3.05, 3.63) is 54.6 Å². The van der Waals surface area contributed by atoms with Crippen molar-refractivity contribution in [2.45, 2.75) is 24.7 Å². The Hall–Kier alpha value is -2.44. The Bertz CT molecular complexity index is 905. The van der Waals surface area contributed by atoms with Crippen molar-refractivity contribution in [1.82, 2.24) is 20.4 Å². The monoisotopic (exact) mass is 384 g/mol. The van der Waals surface area contributed by atoms with Gasteiger partial charge in [-0.1, -0.05) is 29.8 Å². The molecular formula is C20H21ClN4O2. The molecule has 1 aliphatic carbocycles. The fourth-order valence-electron chi connectivity index (χ4n) is 4.28. The minimum atomic E-state index is -0.00604. The van der Waals surface area contributed by atoms with E-state index in [2.05, 4.69) is 15.5 Å². The molecular weight excluding hydrogens is 364 g/mol. The number of rotatable bonds is 4. The summed E-state index contributed by atoms with van der Waals surface area (Å²) in [6.07, 6.45) is 5.25. The third-order valence-electron chi connectivity index (χ3n) is 5.61. The van der Waals surface area contributed by atoms with Gasteiger partial charge in [-0.25, -0.2) is 4.98 Å². The first-order valence-corrected chi connectivity index (χ1v) is 9.08. The fourth-order valence-corrected chi connectivity index (χ4v) is 4.28. The van der Waals surface area contributed by atoms with E-state index in [1.165, 1.54) is 12.8 Å². The number of hydrogen-bond acceptors (Lipinski definition) is 6. The summed E-state index contributed by atoms with van der Waals surface area (Å²) < 4.78 is 11.7. The molecule has 0 unspecified atom stereocenters. The van der Waals surface area contributed by atoms with Crippen LogP contribution in [0.5, 0.6) is 11.6 Å². The number of fused-ring (bicyclic) bond motifs is 1. The summed E-state index contributed by atoms with van der Waals surface area (Å²) in [5.74, 6) is 3.08. The number of para-hydroxylation sites is 1. The highest BCUT2D eigenvalue weighted by atomic mass is 35.5. The summed E-state index contributed by atoms with van der Waals surface area (Å²) in [6, 6.07) is 13.4.